The highest BCUT2D eigenvalue weighted by Crippen LogP contribution is 2.25. The van der Waals surface area contributed by atoms with Crippen molar-refractivity contribution in [1.29, 1.82) is 0 Å². The van der Waals surface area contributed by atoms with Crippen LogP contribution in [0.1, 0.15) is 19.4 Å². The highest BCUT2D eigenvalue weighted by Gasteiger charge is 2.15. The summed E-state index contributed by atoms with van der Waals surface area (Å²) in [7, 11) is 0. The Bertz CT molecular complexity index is 772. The Kier molecular flexibility index (Phi) is 5.57. The molecule has 128 valence electrons. The Labute approximate surface area is 149 Å². The van der Waals surface area contributed by atoms with Crippen molar-refractivity contribution in [3.8, 4) is 0 Å². The van der Waals surface area contributed by atoms with Gasteiger partial charge in [0, 0.05) is 18.8 Å². The van der Waals surface area contributed by atoms with Gasteiger partial charge in [-0.1, -0.05) is 48.5 Å². The second-order valence-electron chi connectivity index (χ2n) is 5.69. The first-order valence-corrected chi connectivity index (χ1v) is 8.63. The van der Waals surface area contributed by atoms with Crippen molar-refractivity contribution >= 4 is 17.5 Å². The van der Waals surface area contributed by atoms with Gasteiger partial charge in [-0.25, -0.2) is 0 Å². The Morgan fingerprint density at radius 3 is 2.12 bits per heavy atom. The lowest BCUT2D eigenvalue weighted by atomic mass is 10.2. The lowest BCUT2D eigenvalue weighted by Crippen LogP contribution is -2.25. The number of hydrogen-bond donors (Lipinski definition) is 0. The van der Waals surface area contributed by atoms with Crippen molar-refractivity contribution in [3.63, 3.8) is 0 Å². The molecule has 0 spiro atoms. The van der Waals surface area contributed by atoms with Crippen LogP contribution in [0.4, 0.5) is 17.5 Å². The van der Waals surface area contributed by atoms with E-state index in [1.807, 2.05) is 36.4 Å². The van der Waals surface area contributed by atoms with Crippen LogP contribution in [0.3, 0.4) is 0 Å². The van der Waals surface area contributed by atoms with Crippen LogP contribution in [0.5, 0.6) is 0 Å². The van der Waals surface area contributed by atoms with Gasteiger partial charge in [0.1, 0.15) is 0 Å². The first kappa shape index (κ1) is 16.9. The van der Waals surface area contributed by atoms with E-state index in [4.69, 9.17) is 4.98 Å². The van der Waals surface area contributed by atoms with Crippen molar-refractivity contribution in [3.05, 3.63) is 72.4 Å². The zero-order valence-corrected chi connectivity index (χ0v) is 14.7. The number of nitrogens with zero attached hydrogens (tertiary/aromatic N) is 5. The van der Waals surface area contributed by atoms with Gasteiger partial charge in [-0.3, -0.25) is 0 Å². The molecule has 0 fully saturated rings. The fourth-order valence-electron chi connectivity index (χ4n) is 2.75. The zero-order valence-electron chi connectivity index (χ0n) is 14.7. The molecule has 1 aromatic heterocycles. The summed E-state index contributed by atoms with van der Waals surface area (Å²) < 4.78 is 0. The molecule has 5 nitrogen and oxygen atoms in total. The molecule has 2 aromatic carbocycles. The molecule has 25 heavy (non-hydrogen) atoms. The van der Waals surface area contributed by atoms with Crippen molar-refractivity contribution in [1.82, 2.24) is 15.2 Å². The van der Waals surface area contributed by atoms with Gasteiger partial charge in [0.2, 0.25) is 0 Å². The van der Waals surface area contributed by atoms with Crippen LogP contribution in [-0.2, 0) is 6.54 Å². The number of anilines is 3. The van der Waals surface area contributed by atoms with Crippen LogP contribution in [0.2, 0.25) is 0 Å². The third-order valence-corrected chi connectivity index (χ3v) is 4.12. The average Bonchev–Trinajstić information content (AvgIpc) is 2.69. The topological polar surface area (TPSA) is 45.2 Å². The number of para-hydroxylation sites is 1. The zero-order chi connectivity index (χ0) is 17.5. The van der Waals surface area contributed by atoms with Crippen molar-refractivity contribution in [2.45, 2.75) is 20.4 Å². The third kappa shape index (κ3) is 4.12. The summed E-state index contributed by atoms with van der Waals surface area (Å²) in [6.45, 7) is 6.69. The predicted octanol–water partition coefficient (Wildman–Crippen LogP) is 4.06. The van der Waals surface area contributed by atoms with E-state index in [0.29, 0.717) is 12.5 Å². The Morgan fingerprint density at radius 2 is 1.48 bits per heavy atom. The van der Waals surface area contributed by atoms with Gasteiger partial charge in [0.15, 0.2) is 5.82 Å². The van der Waals surface area contributed by atoms with E-state index in [1.165, 1.54) is 5.56 Å². The van der Waals surface area contributed by atoms with Crippen LogP contribution in [0, 0.1) is 0 Å². The molecule has 3 rings (SSSR count). The fourth-order valence-corrected chi connectivity index (χ4v) is 2.75. The van der Waals surface area contributed by atoms with Crippen LogP contribution >= 0.6 is 0 Å². The van der Waals surface area contributed by atoms with Gasteiger partial charge in [-0.15, -0.1) is 5.10 Å². The van der Waals surface area contributed by atoms with E-state index in [9.17, 15) is 0 Å². The molecule has 0 bridgehead atoms. The Balaban J connectivity index is 1.98. The van der Waals surface area contributed by atoms with Gasteiger partial charge in [0.05, 0.1) is 12.7 Å². The maximum absolute atomic E-state index is 4.77. The summed E-state index contributed by atoms with van der Waals surface area (Å²) in [5, 5.41) is 8.50. The molecular weight excluding hydrogens is 310 g/mol. The van der Waals surface area contributed by atoms with E-state index >= 15 is 0 Å². The molecule has 0 aliphatic rings. The van der Waals surface area contributed by atoms with Gasteiger partial charge in [-0.05, 0) is 31.5 Å². The van der Waals surface area contributed by atoms with E-state index < -0.39 is 0 Å². The highest BCUT2D eigenvalue weighted by atomic mass is 15.3. The standard InChI is InChI=1S/C20H23N5/c1-3-24(4-2)19-15-21-23-20(22-19)25(18-13-9-6-10-14-18)16-17-11-7-5-8-12-17/h5-15H,3-4,16H2,1-2H3. The lowest BCUT2D eigenvalue weighted by Gasteiger charge is -2.25. The minimum absolute atomic E-state index is 0.611. The molecule has 0 saturated heterocycles. The molecule has 3 aromatic rings. The predicted molar refractivity (Wildman–Crippen MR) is 102 cm³/mol. The SMILES string of the molecule is CCN(CC)c1cnnc(N(Cc2ccccc2)c2ccccc2)n1. The Hall–Kier alpha value is -2.95. The second kappa shape index (κ2) is 8.24. The molecule has 0 radical (unpaired) electrons. The normalized spacial score (nSPS) is 10.5. The van der Waals surface area contributed by atoms with E-state index in [1.54, 1.807) is 6.20 Å². The first-order chi connectivity index (χ1) is 12.3. The summed E-state index contributed by atoms with van der Waals surface area (Å²) >= 11 is 0. The molecule has 0 amide bonds. The quantitative estimate of drug-likeness (QED) is 0.652. The third-order valence-electron chi connectivity index (χ3n) is 4.12. The molecule has 0 aliphatic heterocycles. The number of aromatic nitrogens is 3. The molecule has 0 aliphatic carbocycles. The van der Waals surface area contributed by atoms with Gasteiger partial charge < -0.3 is 9.80 Å². The van der Waals surface area contributed by atoms with Crippen molar-refractivity contribution in [2.24, 2.45) is 0 Å². The lowest BCUT2D eigenvalue weighted by molar-refractivity contribution is 0.804. The largest absolute Gasteiger partial charge is 0.356 e. The first-order valence-electron chi connectivity index (χ1n) is 8.63. The molecule has 1 heterocycles. The van der Waals surface area contributed by atoms with E-state index in [0.717, 1.165) is 24.6 Å². The summed E-state index contributed by atoms with van der Waals surface area (Å²) in [4.78, 5) is 9.03. The smallest absolute Gasteiger partial charge is 0.252 e. The number of hydrogen-bond acceptors (Lipinski definition) is 5. The summed E-state index contributed by atoms with van der Waals surface area (Å²) in [6, 6.07) is 20.5. The van der Waals surface area contributed by atoms with E-state index in [-0.39, 0.29) is 0 Å². The maximum atomic E-state index is 4.77. The Morgan fingerprint density at radius 1 is 0.840 bits per heavy atom. The molecule has 0 atom stereocenters. The van der Waals surface area contributed by atoms with Crippen LogP contribution in [-0.4, -0.2) is 28.3 Å². The van der Waals surface area contributed by atoms with Crippen molar-refractivity contribution in [2.75, 3.05) is 22.9 Å². The van der Waals surface area contributed by atoms with Crippen LogP contribution in [0.15, 0.2) is 66.9 Å². The van der Waals surface area contributed by atoms with Gasteiger partial charge >= 0.3 is 0 Å². The van der Waals surface area contributed by atoms with Crippen LogP contribution < -0.4 is 9.80 Å². The summed E-state index contributed by atoms with van der Waals surface area (Å²) in [5.41, 5.74) is 2.24. The minimum Gasteiger partial charge on any atom is -0.356 e. The van der Waals surface area contributed by atoms with Crippen LogP contribution in [0.25, 0.3) is 0 Å². The summed E-state index contributed by atoms with van der Waals surface area (Å²) in [6.07, 6.45) is 1.72. The van der Waals surface area contributed by atoms with Gasteiger partial charge in [-0.2, -0.15) is 10.1 Å². The highest BCUT2D eigenvalue weighted by molar-refractivity contribution is 5.58. The molecular formula is C20H23N5. The minimum atomic E-state index is 0.611. The molecule has 0 unspecified atom stereocenters. The maximum Gasteiger partial charge on any atom is 0.252 e. The number of benzene rings is 2. The average molecular weight is 333 g/mol. The van der Waals surface area contributed by atoms with E-state index in [2.05, 4.69) is 58.1 Å². The molecule has 0 N–H and O–H groups in total. The van der Waals surface area contributed by atoms with Crippen molar-refractivity contribution < 1.29 is 0 Å². The number of rotatable bonds is 7. The monoisotopic (exact) mass is 333 g/mol. The van der Waals surface area contributed by atoms with Gasteiger partial charge in [0.25, 0.3) is 5.95 Å². The molecule has 5 heteroatoms. The fraction of sp³-hybridized carbons (Fsp3) is 0.250. The second-order valence-corrected chi connectivity index (χ2v) is 5.69. The summed E-state index contributed by atoms with van der Waals surface area (Å²) in [5.74, 6) is 1.46. The molecule has 0 saturated carbocycles.